The monoisotopic (exact) mass is 282 g/mol. The van der Waals surface area contributed by atoms with Crippen LogP contribution in [0, 0.1) is 11.3 Å². The average molecular weight is 282 g/mol. The van der Waals surface area contributed by atoms with Crippen molar-refractivity contribution in [2.45, 2.75) is 6.42 Å². The van der Waals surface area contributed by atoms with Crippen molar-refractivity contribution < 1.29 is 14.3 Å². The lowest BCUT2D eigenvalue weighted by Crippen LogP contribution is -2.05. The van der Waals surface area contributed by atoms with E-state index in [2.05, 4.69) is 6.07 Å². The van der Waals surface area contributed by atoms with Crippen molar-refractivity contribution in [2.75, 3.05) is 12.8 Å². The van der Waals surface area contributed by atoms with Gasteiger partial charge in [0.05, 0.1) is 25.3 Å². The Morgan fingerprint density at radius 2 is 1.95 bits per heavy atom. The SMILES string of the molecule is COC(=O)c1cccc(N)c1Oc1ccc(CC#N)cc1. The Labute approximate surface area is 122 Å². The Bertz CT molecular complexity index is 688. The average Bonchev–Trinajstić information content (AvgIpc) is 2.50. The van der Waals surface area contributed by atoms with E-state index in [1.54, 1.807) is 42.5 Å². The third-order valence-corrected chi connectivity index (χ3v) is 2.88. The van der Waals surface area contributed by atoms with E-state index < -0.39 is 5.97 Å². The lowest BCUT2D eigenvalue weighted by atomic mass is 10.1. The van der Waals surface area contributed by atoms with Gasteiger partial charge >= 0.3 is 5.97 Å². The van der Waals surface area contributed by atoms with Gasteiger partial charge in [-0.2, -0.15) is 5.26 Å². The minimum atomic E-state index is -0.515. The van der Waals surface area contributed by atoms with Crippen LogP contribution in [0.25, 0.3) is 0 Å². The van der Waals surface area contributed by atoms with Gasteiger partial charge in [-0.05, 0) is 29.8 Å². The van der Waals surface area contributed by atoms with Crippen molar-refractivity contribution in [3.05, 3.63) is 53.6 Å². The Hall–Kier alpha value is -3.00. The zero-order valence-electron chi connectivity index (χ0n) is 11.5. The second-order valence-electron chi connectivity index (χ2n) is 4.30. The zero-order valence-corrected chi connectivity index (χ0v) is 11.5. The lowest BCUT2D eigenvalue weighted by Gasteiger charge is -2.12. The summed E-state index contributed by atoms with van der Waals surface area (Å²) in [5.74, 6) is 0.274. The number of ether oxygens (including phenoxy) is 2. The van der Waals surface area contributed by atoms with Crippen molar-refractivity contribution in [2.24, 2.45) is 0 Å². The number of hydrogen-bond donors (Lipinski definition) is 1. The highest BCUT2D eigenvalue weighted by atomic mass is 16.5. The summed E-state index contributed by atoms with van der Waals surface area (Å²) in [6, 6.07) is 14.0. The predicted octanol–water partition coefficient (Wildman–Crippen LogP) is 2.91. The van der Waals surface area contributed by atoms with E-state index in [9.17, 15) is 4.79 Å². The maximum atomic E-state index is 11.7. The maximum absolute atomic E-state index is 11.7. The smallest absolute Gasteiger partial charge is 0.341 e. The summed E-state index contributed by atoms with van der Waals surface area (Å²) in [5, 5.41) is 8.64. The molecule has 0 saturated heterocycles. The van der Waals surface area contributed by atoms with Crippen LogP contribution in [0.3, 0.4) is 0 Å². The number of nitrogens with zero attached hydrogens (tertiary/aromatic N) is 1. The fourth-order valence-electron chi connectivity index (χ4n) is 1.82. The van der Waals surface area contributed by atoms with E-state index >= 15 is 0 Å². The molecule has 0 amide bonds. The quantitative estimate of drug-likeness (QED) is 0.688. The highest BCUT2D eigenvalue weighted by Crippen LogP contribution is 2.31. The molecule has 21 heavy (non-hydrogen) atoms. The minimum Gasteiger partial charge on any atom is -0.465 e. The molecule has 0 aliphatic carbocycles. The Kier molecular flexibility index (Phi) is 4.42. The molecule has 0 aromatic heterocycles. The molecule has 2 N–H and O–H groups in total. The summed E-state index contributed by atoms with van der Waals surface area (Å²) in [7, 11) is 1.30. The number of esters is 1. The number of benzene rings is 2. The van der Waals surface area contributed by atoms with E-state index in [-0.39, 0.29) is 11.3 Å². The van der Waals surface area contributed by atoms with Gasteiger partial charge in [0.25, 0.3) is 0 Å². The molecule has 2 aromatic rings. The largest absolute Gasteiger partial charge is 0.465 e. The number of carbonyl (C=O) groups is 1. The van der Waals surface area contributed by atoms with Crippen molar-refractivity contribution >= 4 is 11.7 Å². The normalized spacial score (nSPS) is 9.71. The van der Waals surface area contributed by atoms with Gasteiger partial charge < -0.3 is 15.2 Å². The van der Waals surface area contributed by atoms with Gasteiger partial charge in [0.15, 0.2) is 5.75 Å². The molecule has 0 bridgehead atoms. The Morgan fingerprint density at radius 1 is 1.24 bits per heavy atom. The fraction of sp³-hybridized carbons (Fsp3) is 0.125. The summed E-state index contributed by atoms with van der Waals surface area (Å²) in [4.78, 5) is 11.7. The van der Waals surface area contributed by atoms with Gasteiger partial charge in [-0.15, -0.1) is 0 Å². The molecule has 0 radical (unpaired) electrons. The number of methoxy groups -OCH3 is 1. The number of nitrogen functional groups attached to an aromatic ring is 1. The van der Waals surface area contributed by atoms with E-state index in [0.717, 1.165) is 5.56 Å². The van der Waals surface area contributed by atoms with E-state index in [4.69, 9.17) is 20.5 Å². The second kappa shape index (κ2) is 6.44. The van der Waals surface area contributed by atoms with Crippen molar-refractivity contribution in [1.29, 1.82) is 5.26 Å². The summed E-state index contributed by atoms with van der Waals surface area (Å²) in [6.07, 6.45) is 0.334. The molecule has 5 heteroatoms. The number of anilines is 1. The summed E-state index contributed by atoms with van der Waals surface area (Å²) in [6.45, 7) is 0. The van der Waals surface area contributed by atoms with Gasteiger partial charge in [-0.1, -0.05) is 18.2 Å². The van der Waals surface area contributed by atoms with Gasteiger partial charge in [-0.3, -0.25) is 0 Å². The van der Waals surface area contributed by atoms with Crippen LogP contribution in [0.2, 0.25) is 0 Å². The Morgan fingerprint density at radius 3 is 2.57 bits per heavy atom. The lowest BCUT2D eigenvalue weighted by molar-refractivity contribution is 0.0598. The van der Waals surface area contributed by atoms with Crippen LogP contribution in [-0.2, 0) is 11.2 Å². The van der Waals surface area contributed by atoms with Crippen LogP contribution in [0.15, 0.2) is 42.5 Å². The molecule has 0 heterocycles. The number of carbonyl (C=O) groups excluding carboxylic acids is 1. The first-order chi connectivity index (χ1) is 10.2. The second-order valence-corrected chi connectivity index (χ2v) is 4.30. The molecular formula is C16H14N2O3. The molecule has 0 fully saturated rings. The number of nitriles is 1. The van der Waals surface area contributed by atoms with Crippen LogP contribution in [0.1, 0.15) is 15.9 Å². The Balaban J connectivity index is 2.31. The molecule has 106 valence electrons. The van der Waals surface area contributed by atoms with Gasteiger partial charge in [0.1, 0.15) is 11.3 Å². The summed E-state index contributed by atoms with van der Waals surface area (Å²) >= 11 is 0. The van der Waals surface area contributed by atoms with Crippen LogP contribution in [0.5, 0.6) is 11.5 Å². The molecule has 2 rings (SSSR count). The summed E-state index contributed by atoms with van der Waals surface area (Å²) < 4.78 is 10.4. The van der Waals surface area contributed by atoms with Crippen LogP contribution < -0.4 is 10.5 Å². The van der Waals surface area contributed by atoms with Gasteiger partial charge in [0, 0.05) is 0 Å². The first-order valence-corrected chi connectivity index (χ1v) is 6.26. The highest BCUT2D eigenvalue weighted by Gasteiger charge is 2.16. The first kappa shape index (κ1) is 14.4. The van der Waals surface area contributed by atoms with Gasteiger partial charge in [-0.25, -0.2) is 4.79 Å². The molecule has 2 aromatic carbocycles. The number of para-hydroxylation sites is 1. The van der Waals surface area contributed by atoms with Crippen molar-refractivity contribution in [3.8, 4) is 17.6 Å². The standard InChI is InChI=1S/C16H14N2O3/c1-20-16(19)13-3-2-4-14(18)15(13)21-12-7-5-11(6-8-12)9-10-17/h2-8H,9,18H2,1H3. The summed E-state index contributed by atoms with van der Waals surface area (Å²) in [5.41, 5.74) is 7.36. The molecule has 0 saturated carbocycles. The molecule has 0 spiro atoms. The fourth-order valence-corrected chi connectivity index (χ4v) is 1.82. The van der Waals surface area contributed by atoms with E-state index in [0.29, 0.717) is 17.9 Å². The van der Waals surface area contributed by atoms with E-state index in [1.807, 2.05) is 0 Å². The van der Waals surface area contributed by atoms with Crippen molar-refractivity contribution in [3.63, 3.8) is 0 Å². The van der Waals surface area contributed by atoms with Crippen LogP contribution in [-0.4, -0.2) is 13.1 Å². The number of nitrogens with two attached hydrogens (primary N) is 1. The minimum absolute atomic E-state index is 0.261. The maximum Gasteiger partial charge on any atom is 0.341 e. The molecule has 0 unspecified atom stereocenters. The zero-order chi connectivity index (χ0) is 15.2. The molecule has 0 aliphatic rings. The number of rotatable bonds is 4. The van der Waals surface area contributed by atoms with Crippen LogP contribution in [0.4, 0.5) is 5.69 Å². The highest BCUT2D eigenvalue weighted by molar-refractivity contribution is 5.94. The molecular weight excluding hydrogens is 268 g/mol. The van der Waals surface area contributed by atoms with E-state index in [1.165, 1.54) is 7.11 Å². The first-order valence-electron chi connectivity index (χ1n) is 6.26. The number of hydrogen-bond acceptors (Lipinski definition) is 5. The van der Waals surface area contributed by atoms with Crippen molar-refractivity contribution in [1.82, 2.24) is 0 Å². The van der Waals surface area contributed by atoms with Crippen LogP contribution >= 0.6 is 0 Å². The third-order valence-electron chi connectivity index (χ3n) is 2.88. The third kappa shape index (κ3) is 3.31. The topological polar surface area (TPSA) is 85.3 Å². The molecule has 0 atom stereocenters. The molecule has 5 nitrogen and oxygen atoms in total. The molecule has 0 aliphatic heterocycles. The van der Waals surface area contributed by atoms with Gasteiger partial charge in [0.2, 0.25) is 0 Å². The predicted molar refractivity (Wildman–Crippen MR) is 78.0 cm³/mol.